The molecule has 0 radical (unpaired) electrons. The Morgan fingerprint density at radius 3 is 1.67 bits per heavy atom. The van der Waals surface area contributed by atoms with Gasteiger partial charge in [0.15, 0.2) is 11.6 Å². The van der Waals surface area contributed by atoms with Gasteiger partial charge in [-0.3, -0.25) is 9.59 Å². The minimum atomic E-state index is -0.454. The number of fused-ring (bicyclic) bond motifs is 4. The van der Waals surface area contributed by atoms with Gasteiger partial charge in [-0.05, 0) is 70.2 Å². The Bertz CT molecular complexity index is 2340. The zero-order valence-electron chi connectivity index (χ0n) is 31.2. The van der Waals surface area contributed by atoms with Gasteiger partial charge in [-0.1, -0.05) is 185 Å². The number of hydrogen-bond acceptors (Lipinski definition) is 3. The van der Waals surface area contributed by atoms with Crippen LogP contribution in [0, 0.1) is 11.3 Å². The summed E-state index contributed by atoms with van der Waals surface area (Å²) in [5.74, 6) is 0.476. The number of carbonyl (C=O) groups excluding carboxylic acids is 2. The molecule has 0 heterocycles. The lowest BCUT2D eigenvalue weighted by Crippen LogP contribution is -2.44. The third kappa shape index (κ3) is 7.22. The first kappa shape index (κ1) is 36.8. The molecular weight excluding hydrogens is 740 g/mol. The highest BCUT2D eigenvalue weighted by atomic mass is 79.9. The Labute approximate surface area is 333 Å². The van der Waals surface area contributed by atoms with E-state index in [0.717, 1.165) is 55.0 Å². The number of carbonyl (C=O) groups is 2. The lowest BCUT2D eigenvalue weighted by atomic mass is 9.71. The number of methoxy groups -OCH3 is 1. The summed E-state index contributed by atoms with van der Waals surface area (Å²) >= 11 is 3.36. The molecule has 4 aliphatic carbocycles. The van der Waals surface area contributed by atoms with Gasteiger partial charge in [-0.25, -0.2) is 0 Å². The van der Waals surface area contributed by atoms with Gasteiger partial charge in [-0.15, -0.1) is 0 Å². The molecule has 0 aliphatic heterocycles. The molecule has 2 unspecified atom stereocenters. The maximum absolute atomic E-state index is 13.6. The van der Waals surface area contributed by atoms with Crippen molar-refractivity contribution in [3.05, 3.63) is 219 Å². The molecule has 0 amide bonds. The summed E-state index contributed by atoms with van der Waals surface area (Å²) in [6.07, 6.45) is 7.19. The number of ether oxygens (including phenoxy) is 1. The molecule has 6 aromatic carbocycles. The van der Waals surface area contributed by atoms with E-state index in [0.29, 0.717) is 0 Å². The van der Waals surface area contributed by atoms with Crippen LogP contribution in [0.4, 0.5) is 0 Å². The molecule has 0 spiro atoms. The SMILES string of the molecule is BrCc1ccccc1.COC1(C2Cc3ccccc3C2=O)Cc2ccccc2C1.O=C1c2ccccc2CC1(Cc1ccccc1)C1=Cc2ccccc2C1. The van der Waals surface area contributed by atoms with Crippen LogP contribution in [0.2, 0.25) is 0 Å². The highest BCUT2D eigenvalue weighted by molar-refractivity contribution is 9.08. The van der Waals surface area contributed by atoms with E-state index in [1.807, 2.05) is 60.7 Å². The predicted molar refractivity (Wildman–Crippen MR) is 226 cm³/mol. The molecule has 4 heteroatoms. The number of ketones is 2. The summed E-state index contributed by atoms with van der Waals surface area (Å²) in [5, 5.41) is 0.952. The Morgan fingerprint density at radius 1 is 0.582 bits per heavy atom. The largest absolute Gasteiger partial charge is 0.377 e. The van der Waals surface area contributed by atoms with Crippen molar-refractivity contribution in [1.29, 1.82) is 0 Å². The molecule has 2 atom stereocenters. The van der Waals surface area contributed by atoms with E-state index in [-0.39, 0.29) is 23.1 Å². The second kappa shape index (κ2) is 15.9. The Morgan fingerprint density at radius 2 is 1.11 bits per heavy atom. The molecule has 6 aromatic rings. The van der Waals surface area contributed by atoms with Crippen molar-refractivity contribution < 1.29 is 14.3 Å². The minimum absolute atomic E-state index is 0.0627. The van der Waals surface area contributed by atoms with Gasteiger partial charge in [0.2, 0.25) is 0 Å². The molecule has 0 fully saturated rings. The number of rotatable bonds is 6. The van der Waals surface area contributed by atoms with Crippen molar-refractivity contribution in [3.63, 3.8) is 0 Å². The fraction of sp³-hybridized carbons (Fsp3) is 0.216. The van der Waals surface area contributed by atoms with Gasteiger partial charge in [0.05, 0.1) is 16.9 Å². The van der Waals surface area contributed by atoms with E-state index in [4.69, 9.17) is 4.74 Å². The standard InChI is InChI=1S/C25H20O.C19H18O2.C7H7Br/c26-24-23-13-7-6-12-21(23)17-25(24,16-18-8-2-1-3-9-18)22-14-19-10-4-5-11-20(19)15-22;1-21-19(11-14-7-2-3-8-15(14)12-19)17-10-13-6-4-5-9-16(13)18(17)20;8-6-7-4-2-1-3-5-7/h1-14H,15-17H2;2-9,17H,10-12H2,1H3;1-5H,6H2. The third-order valence-electron chi connectivity index (χ3n) is 12.1. The maximum atomic E-state index is 13.6. The zero-order valence-corrected chi connectivity index (χ0v) is 32.8. The molecule has 0 N–H and O–H groups in total. The molecule has 3 nitrogen and oxygen atoms in total. The molecule has 274 valence electrons. The number of benzene rings is 6. The number of hydrogen-bond donors (Lipinski definition) is 0. The van der Waals surface area contributed by atoms with Gasteiger partial charge < -0.3 is 4.74 Å². The topological polar surface area (TPSA) is 43.4 Å². The maximum Gasteiger partial charge on any atom is 0.174 e. The lowest BCUT2D eigenvalue weighted by molar-refractivity contribution is -0.0384. The normalized spacial score (nSPS) is 19.5. The van der Waals surface area contributed by atoms with Crippen LogP contribution in [-0.4, -0.2) is 24.3 Å². The Kier molecular flexibility index (Phi) is 10.6. The zero-order chi connectivity index (χ0) is 37.8. The first-order valence-electron chi connectivity index (χ1n) is 19.2. The smallest absolute Gasteiger partial charge is 0.174 e. The van der Waals surface area contributed by atoms with Crippen LogP contribution in [0.5, 0.6) is 0 Å². The lowest BCUT2D eigenvalue weighted by Gasteiger charge is -2.33. The molecule has 4 aliphatic rings. The second-order valence-corrected chi connectivity index (χ2v) is 15.8. The first-order valence-corrected chi connectivity index (χ1v) is 20.3. The molecular formula is C51H45BrO3. The van der Waals surface area contributed by atoms with E-state index in [1.165, 1.54) is 50.1 Å². The quantitative estimate of drug-likeness (QED) is 0.158. The fourth-order valence-corrected chi connectivity index (χ4v) is 9.55. The summed E-state index contributed by atoms with van der Waals surface area (Å²) in [5.41, 5.74) is 12.4. The van der Waals surface area contributed by atoms with E-state index in [1.54, 1.807) is 7.11 Å². The van der Waals surface area contributed by atoms with Crippen molar-refractivity contribution in [1.82, 2.24) is 0 Å². The van der Waals surface area contributed by atoms with Crippen LogP contribution < -0.4 is 0 Å². The van der Waals surface area contributed by atoms with Crippen molar-refractivity contribution in [2.24, 2.45) is 11.3 Å². The van der Waals surface area contributed by atoms with Crippen LogP contribution in [0.25, 0.3) is 6.08 Å². The Balaban J connectivity index is 0.000000132. The van der Waals surface area contributed by atoms with Crippen molar-refractivity contribution in [2.45, 2.75) is 49.5 Å². The predicted octanol–water partition coefficient (Wildman–Crippen LogP) is 11.1. The molecule has 0 saturated heterocycles. The highest BCUT2D eigenvalue weighted by Crippen LogP contribution is 2.49. The van der Waals surface area contributed by atoms with Crippen molar-refractivity contribution in [2.75, 3.05) is 7.11 Å². The van der Waals surface area contributed by atoms with E-state index in [2.05, 4.69) is 119 Å². The van der Waals surface area contributed by atoms with E-state index in [9.17, 15) is 9.59 Å². The highest BCUT2D eigenvalue weighted by Gasteiger charge is 2.51. The third-order valence-corrected chi connectivity index (χ3v) is 12.7. The molecule has 0 saturated carbocycles. The van der Waals surface area contributed by atoms with Crippen molar-refractivity contribution >= 4 is 33.6 Å². The van der Waals surface area contributed by atoms with Gasteiger partial charge in [0, 0.05) is 36.4 Å². The number of allylic oxidation sites excluding steroid dienone is 1. The summed E-state index contributed by atoms with van der Waals surface area (Å²) in [6.45, 7) is 0. The minimum Gasteiger partial charge on any atom is -0.377 e. The van der Waals surface area contributed by atoms with Gasteiger partial charge in [0.25, 0.3) is 0 Å². The van der Waals surface area contributed by atoms with Gasteiger partial charge in [0.1, 0.15) is 0 Å². The first-order chi connectivity index (χ1) is 26.9. The summed E-state index contributed by atoms with van der Waals surface area (Å²) in [7, 11) is 1.75. The number of alkyl halides is 1. The van der Waals surface area contributed by atoms with Crippen LogP contribution in [-0.2, 0) is 48.6 Å². The number of Topliss-reactive ketones (excluding diaryl/α,β-unsaturated/α-hetero) is 2. The van der Waals surface area contributed by atoms with Gasteiger partial charge >= 0.3 is 0 Å². The molecule has 10 rings (SSSR count). The van der Waals surface area contributed by atoms with Crippen molar-refractivity contribution in [3.8, 4) is 0 Å². The molecule has 0 bridgehead atoms. The van der Waals surface area contributed by atoms with Crippen LogP contribution in [0.3, 0.4) is 0 Å². The van der Waals surface area contributed by atoms with Gasteiger partial charge in [-0.2, -0.15) is 0 Å². The average Bonchev–Trinajstić information content (AvgIpc) is 4.01. The van der Waals surface area contributed by atoms with Crippen LogP contribution in [0.1, 0.15) is 65.2 Å². The van der Waals surface area contributed by atoms with E-state index >= 15 is 0 Å². The average molecular weight is 786 g/mol. The summed E-state index contributed by atoms with van der Waals surface area (Å²) in [6, 6.07) is 53.8. The summed E-state index contributed by atoms with van der Waals surface area (Å²) in [4.78, 5) is 26.4. The second-order valence-electron chi connectivity index (χ2n) is 15.2. The monoisotopic (exact) mass is 784 g/mol. The van der Waals surface area contributed by atoms with Crippen LogP contribution in [0.15, 0.2) is 163 Å². The van der Waals surface area contributed by atoms with E-state index < -0.39 is 5.41 Å². The summed E-state index contributed by atoms with van der Waals surface area (Å²) < 4.78 is 5.95. The Hall–Kier alpha value is -5.16. The number of halogens is 1. The molecule has 0 aromatic heterocycles. The van der Waals surface area contributed by atoms with Crippen LogP contribution >= 0.6 is 15.9 Å². The molecule has 55 heavy (non-hydrogen) atoms. The fourth-order valence-electron chi connectivity index (χ4n) is 9.18.